The summed E-state index contributed by atoms with van der Waals surface area (Å²) < 4.78 is 37.8. The normalized spacial score (nSPS) is 11.2. The van der Waals surface area contributed by atoms with Gasteiger partial charge in [-0.25, -0.2) is 0 Å². The van der Waals surface area contributed by atoms with Crippen molar-refractivity contribution in [1.29, 1.82) is 0 Å². The second kappa shape index (κ2) is 6.43. The second-order valence-corrected chi connectivity index (χ2v) is 5.04. The fourth-order valence-corrected chi connectivity index (χ4v) is 2.18. The minimum absolute atomic E-state index is 0.0240. The zero-order valence-corrected chi connectivity index (χ0v) is 12.0. The van der Waals surface area contributed by atoms with Crippen LogP contribution in [0.5, 0.6) is 0 Å². The minimum atomic E-state index is -4.47. The van der Waals surface area contributed by atoms with Crippen LogP contribution in [0.1, 0.15) is 10.4 Å². The van der Waals surface area contributed by atoms with Gasteiger partial charge in [0.05, 0.1) is 10.6 Å². The highest BCUT2D eigenvalue weighted by atomic mass is 79.9. The van der Waals surface area contributed by atoms with Crippen molar-refractivity contribution in [1.82, 2.24) is 4.90 Å². The lowest BCUT2D eigenvalue weighted by Gasteiger charge is -2.23. The van der Waals surface area contributed by atoms with Crippen LogP contribution in [-0.4, -0.2) is 30.1 Å². The summed E-state index contributed by atoms with van der Waals surface area (Å²) in [6, 6.07) is 4.37. The summed E-state index contributed by atoms with van der Waals surface area (Å²) in [6.45, 7) is 1.79. The molecule has 104 valence electrons. The van der Waals surface area contributed by atoms with E-state index in [1.807, 2.05) is 0 Å². The molecule has 0 unspecified atom stereocenters. The zero-order chi connectivity index (χ0) is 14.6. The van der Waals surface area contributed by atoms with Crippen molar-refractivity contribution in [3.8, 4) is 0 Å². The molecule has 0 aliphatic rings. The van der Waals surface area contributed by atoms with E-state index in [4.69, 9.17) is 11.6 Å². The molecule has 1 amide bonds. The molecular formula is C12H10BrClF3NO. The molecule has 0 radical (unpaired) electrons. The topological polar surface area (TPSA) is 20.3 Å². The summed E-state index contributed by atoms with van der Waals surface area (Å²) in [4.78, 5) is 12.7. The molecule has 0 aliphatic carbocycles. The number of carbonyl (C=O) groups is 1. The molecule has 0 N–H and O–H groups in total. The maximum absolute atomic E-state index is 12.4. The van der Waals surface area contributed by atoms with E-state index in [-0.39, 0.29) is 17.1 Å². The Morgan fingerprint density at radius 3 is 2.58 bits per heavy atom. The van der Waals surface area contributed by atoms with Crippen LogP contribution in [-0.2, 0) is 0 Å². The van der Waals surface area contributed by atoms with Gasteiger partial charge >= 0.3 is 6.18 Å². The van der Waals surface area contributed by atoms with Crippen molar-refractivity contribution >= 4 is 33.4 Å². The Bertz CT molecular complexity index is 490. The number of nitrogens with zero attached hydrogens (tertiary/aromatic N) is 1. The van der Waals surface area contributed by atoms with Crippen LogP contribution in [0.3, 0.4) is 0 Å². The number of amides is 1. The van der Waals surface area contributed by atoms with Gasteiger partial charge in [0.15, 0.2) is 0 Å². The van der Waals surface area contributed by atoms with Crippen LogP contribution in [0.2, 0.25) is 5.02 Å². The van der Waals surface area contributed by atoms with Crippen molar-refractivity contribution in [3.05, 3.63) is 45.9 Å². The van der Waals surface area contributed by atoms with E-state index < -0.39 is 18.6 Å². The Balaban J connectivity index is 3.02. The predicted molar refractivity (Wildman–Crippen MR) is 71.3 cm³/mol. The van der Waals surface area contributed by atoms with E-state index in [1.165, 1.54) is 18.2 Å². The SMILES string of the molecule is C=CCN(CC(F)(F)F)C(=O)c1ccc(Br)cc1Cl. The standard InChI is InChI=1S/C12H10BrClF3NO/c1-2-5-18(7-12(15,16)17)11(19)9-4-3-8(13)6-10(9)14/h2-4,6H,1,5,7H2. The van der Waals surface area contributed by atoms with Crippen LogP contribution in [0.4, 0.5) is 13.2 Å². The summed E-state index contributed by atoms with van der Waals surface area (Å²) >= 11 is 9.01. The van der Waals surface area contributed by atoms with E-state index in [1.54, 1.807) is 6.07 Å². The highest BCUT2D eigenvalue weighted by Crippen LogP contribution is 2.24. The molecule has 1 rings (SSSR count). The summed E-state index contributed by atoms with van der Waals surface area (Å²) in [5.41, 5.74) is 0.0240. The van der Waals surface area contributed by atoms with Gasteiger partial charge in [0.25, 0.3) is 5.91 Å². The number of benzene rings is 1. The number of alkyl halides is 3. The van der Waals surface area contributed by atoms with Crippen LogP contribution < -0.4 is 0 Å². The van der Waals surface area contributed by atoms with Crippen LogP contribution in [0.15, 0.2) is 35.3 Å². The largest absolute Gasteiger partial charge is 0.406 e. The zero-order valence-electron chi connectivity index (χ0n) is 9.68. The lowest BCUT2D eigenvalue weighted by molar-refractivity contribution is -0.139. The van der Waals surface area contributed by atoms with E-state index in [9.17, 15) is 18.0 Å². The van der Waals surface area contributed by atoms with E-state index >= 15 is 0 Å². The third kappa shape index (κ3) is 4.87. The van der Waals surface area contributed by atoms with Crippen LogP contribution >= 0.6 is 27.5 Å². The Kier molecular flexibility index (Phi) is 5.43. The maximum Gasteiger partial charge on any atom is 0.406 e. The first-order valence-electron chi connectivity index (χ1n) is 5.16. The van der Waals surface area contributed by atoms with Gasteiger partial charge in [-0.2, -0.15) is 13.2 Å². The van der Waals surface area contributed by atoms with Gasteiger partial charge in [0, 0.05) is 11.0 Å². The fourth-order valence-electron chi connectivity index (χ4n) is 1.42. The van der Waals surface area contributed by atoms with Gasteiger partial charge in [-0.3, -0.25) is 4.79 Å². The average Bonchev–Trinajstić information content (AvgIpc) is 2.26. The molecule has 0 spiro atoms. The first kappa shape index (κ1) is 16.0. The van der Waals surface area contributed by atoms with Gasteiger partial charge in [-0.05, 0) is 18.2 Å². The molecule has 0 fully saturated rings. The quantitative estimate of drug-likeness (QED) is 0.737. The van der Waals surface area contributed by atoms with E-state index in [0.29, 0.717) is 9.37 Å². The van der Waals surface area contributed by atoms with Crippen LogP contribution in [0, 0.1) is 0 Å². The lowest BCUT2D eigenvalue weighted by atomic mass is 10.2. The molecule has 0 saturated heterocycles. The van der Waals surface area contributed by atoms with Gasteiger partial charge in [-0.15, -0.1) is 6.58 Å². The molecule has 0 heterocycles. The van der Waals surface area contributed by atoms with Crippen molar-refractivity contribution in [2.24, 2.45) is 0 Å². The number of halogens is 5. The van der Waals surface area contributed by atoms with Crippen molar-refractivity contribution < 1.29 is 18.0 Å². The predicted octanol–water partition coefficient (Wildman–Crippen LogP) is 4.29. The Labute approximate surface area is 122 Å². The third-order valence-electron chi connectivity index (χ3n) is 2.17. The molecule has 7 heteroatoms. The summed E-state index contributed by atoms with van der Waals surface area (Å²) in [5.74, 6) is -0.783. The first-order chi connectivity index (χ1) is 8.74. The molecule has 0 saturated carbocycles. The number of hydrogen-bond donors (Lipinski definition) is 0. The molecule has 1 aromatic rings. The van der Waals surface area contributed by atoms with Crippen molar-refractivity contribution in [2.75, 3.05) is 13.1 Å². The molecular weight excluding hydrogens is 346 g/mol. The minimum Gasteiger partial charge on any atom is -0.326 e. The molecule has 2 nitrogen and oxygen atoms in total. The summed E-state index contributed by atoms with van der Waals surface area (Å²) in [5, 5.41) is 0.0932. The van der Waals surface area contributed by atoms with E-state index in [2.05, 4.69) is 22.5 Å². The highest BCUT2D eigenvalue weighted by Gasteiger charge is 2.33. The van der Waals surface area contributed by atoms with Gasteiger partial charge in [-0.1, -0.05) is 33.6 Å². The average molecular weight is 357 g/mol. The Morgan fingerprint density at radius 1 is 1.47 bits per heavy atom. The van der Waals surface area contributed by atoms with E-state index in [0.717, 1.165) is 0 Å². The molecule has 0 bridgehead atoms. The molecule has 0 aromatic heterocycles. The molecule has 0 atom stereocenters. The summed E-state index contributed by atoms with van der Waals surface area (Å²) in [6.07, 6.45) is -3.24. The number of rotatable bonds is 4. The molecule has 1 aromatic carbocycles. The monoisotopic (exact) mass is 355 g/mol. The Hall–Kier alpha value is -1.01. The lowest BCUT2D eigenvalue weighted by Crippen LogP contribution is -2.39. The molecule has 0 aliphatic heterocycles. The maximum atomic E-state index is 12.4. The first-order valence-corrected chi connectivity index (χ1v) is 6.33. The number of hydrogen-bond acceptors (Lipinski definition) is 1. The third-order valence-corrected chi connectivity index (χ3v) is 2.97. The fraction of sp³-hybridized carbons (Fsp3) is 0.250. The van der Waals surface area contributed by atoms with Gasteiger partial charge in [0.1, 0.15) is 6.54 Å². The summed E-state index contributed by atoms with van der Waals surface area (Å²) in [7, 11) is 0. The van der Waals surface area contributed by atoms with Crippen molar-refractivity contribution in [3.63, 3.8) is 0 Å². The van der Waals surface area contributed by atoms with Crippen LogP contribution in [0.25, 0.3) is 0 Å². The number of carbonyl (C=O) groups excluding carboxylic acids is 1. The van der Waals surface area contributed by atoms with Gasteiger partial charge in [0.2, 0.25) is 0 Å². The molecule has 19 heavy (non-hydrogen) atoms. The Morgan fingerprint density at radius 2 is 2.11 bits per heavy atom. The smallest absolute Gasteiger partial charge is 0.326 e. The van der Waals surface area contributed by atoms with Crippen molar-refractivity contribution in [2.45, 2.75) is 6.18 Å². The second-order valence-electron chi connectivity index (χ2n) is 3.71. The van der Waals surface area contributed by atoms with Gasteiger partial charge < -0.3 is 4.90 Å². The highest BCUT2D eigenvalue weighted by molar-refractivity contribution is 9.10.